The van der Waals surface area contributed by atoms with E-state index in [9.17, 15) is 9.59 Å². The molecule has 0 aliphatic rings. The molecule has 0 saturated carbocycles. The first-order valence-corrected chi connectivity index (χ1v) is 10.9. The van der Waals surface area contributed by atoms with Crippen molar-refractivity contribution in [2.45, 2.75) is 124 Å². The molecule has 0 bridgehead atoms. The molecule has 0 saturated heterocycles. The average molecular weight is 405 g/mol. The lowest BCUT2D eigenvalue weighted by atomic mass is 10.1. The summed E-state index contributed by atoms with van der Waals surface area (Å²) in [5.41, 5.74) is 0. The van der Waals surface area contributed by atoms with E-state index in [0.29, 0.717) is 12.8 Å². The van der Waals surface area contributed by atoms with Gasteiger partial charge in [0.05, 0.1) is 0 Å². The first-order chi connectivity index (χ1) is 13.3. The second-order valence-electron chi connectivity index (χ2n) is 7.05. The van der Waals surface area contributed by atoms with Crippen LogP contribution in [-0.4, -0.2) is 33.2 Å². The third kappa shape index (κ3) is 49.7. The molecule has 0 aromatic rings. The van der Waals surface area contributed by atoms with E-state index in [2.05, 4.69) is 13.8 Å². The Morgan fingerprint density at radius 3 is 0.929 bits per heavy atom. The lowest BCUT2D eigenvalue weighted by molar-refractivity contribution is -0.138. The molecule has 0 aliphatic carbocycles. The van der Waals surface area contributed by atoms with Gasteiger partial charge in [0.1, 0.15) is 0 Å². The second kappa shape index (κ2) is 27.6. The monoisotopic (exact) mass is 404 g/mol. The Morgan fingerprint density at radius 1 is 0.500 bits per heavy atom. The smallest absolute Gasteiger partial charge is 0.303 e. The summed E-state index contributed by atoms with van der Waals surface area (Å²) in [4.78, 5) is 29.3. The highest BCUT2D eigenvalue weighted by Crippen LogP contribution is 2.08. The highest BCUT2D eigenvalue weighted by Gasteiger charge is 1.96. The maximum absolute atomic E-state index is 10.1. The lowest BCUT2D eigenvalue weighted by Crippen LogP contribution is -1.93. The minimum Gasteiger partial charge on any atom is -0.481 e. The molecule has 168 valence electrons. The fourth-order valence-electron chi connectivity index (χ4n) is 2.47. The van der Waals surface area contributed by atoms with Gasteiger partial charge in [-0.1, -0.05) is 90.9 Å². The molecule has 0 radical (unpaired) electrons. The summed E-state index contributed by atoms with van der Waals surface area (Å²) in [6.07, 6.45) is 17.3. The van der Waals surface area contributed by atoms with Crippen molar-refractivity contribution in [2.24, 2.45) is 0 Å². The molecule has 28 heavy (non-hydrogen) atoms. The summed E-state index contributed by atoms with van der Waals surface area (Å²) < 4.78 is 0. The van der Waals surface area contributed by atoms with Crippen LogP contribution in [0.2, 0.25) is 0 Å². The topological polar surface area (TPSA) is 112 Å². The Kier molecular flexibility index (Phi) is 30.7. The number of carbonyl (C=O) groups is 3. The highest BCUT2D eigenvalue weighted by atomic mass is 16.4. The molecule has 0 fully saturated rings. The zero-order valence-electron chi connectivity index (χ0n) is 18.4. The van der Waals surface area contributed by atoms with Crippen LogP contribution in [0.1, 0.15) is 124 Å². The Balaban J connectivity index is -0.000000375. The van der Waals surface area contributed by atoms with Gasteiger partial charge in [-0.3, -0.25) is 14.4 Å². The van der Waals surface area contributed by atoms with Crippen molar-refractivity contribution in [1.29, 1.82) is 0 Å². The molecule has 0 heterocycles. The molecule has 0 atom stereocenters. The van der Waals surface area contributed by atoms with E-state index >= 15 is 0 Å². The summed E-state index contributed by atoms with van der Waals surface area (Å²) in [6, 6.07) is 0. The van der Waals surface area contributed by atoms with Crippen LogP contribution in [0.4, 0.5) is 0 Å². The van der Waals surface area contributed by atoms with Gasteiger partial charge in [0.25, 0.3) is 5.97 Å². The van der Waals surface area contributed by atoms with Crippen LogP contribution < -0.4 is 0 Å². The van der Waals surface area contributed by atoms with Gasteiger partial charge in [-0.05, 0) is 12.8 Å². The highest BCUT2D eigenvalue weighted by molar-refractivity contribution is 5.66. The molecule has 0 aliphatic heterocycles. The first kappa shape index (κ1) is 31.1. The van der Waals surface area contributed by atoms with Crippen LogP contribution in [0, 0.1) is 0 Å². The summed E-state index contributed by atoms with van der Waals surface area (Å²) >= 11 is 0. The van der Waals surface area contributed by atoms with Gasteiger partial charge in [-0.2, -0.15) is 0 Å². The molecule has 0 aromatic heterocycles. The Morgan fingerprint density at radius 2 is 0.714 bits per heavy atom. The molecule has 6 nitrogen and oxygen atoms in total. The van der Waals surface area contributed by atoms with E-state index in [0.717, 1.165) is 32.6 Å². The standard InChI is InChI=1S/2C10H20O2.C2H4O2/c2*1-2-3-4-5-6-7-8-9-10(11)12;1-2(3)4/h2*2-9H2,1H3,(H,11,12);1H3,(H,3,4). The number of carboxylic acids is 3. The minimum atomic E-state index is -0.833. The van der Waals surface area contributed by atoms with Crippen LogP contribution in [0.25, 0.3) is 0 Å². The molecule has 0 spiro atoms. The van der Waals surface area contributed by atoms with E-state index in [4.69, 9.17) is 20.1 Å². The van der Waals surface area contributed by atoms with E-state index in [-0.39, 0.29) is 0 Å². The van der Waals surface area contributed by atoms with Gasteiger partial charge in [-0.25, -0.2) is 0 Å². The zero-order chi connectivity index (χ0) is 22.0. The van der Waals surface area contributed by atoms with E-state index < -0.39 is 17.9 Å². The van der Waals surface area contributed by atoms with Crippen molar-refractivity contribution >= 4 is 17.9 Å². The van der Waals surface area contributed by atoms with Crippen LogP contribution in [-0.2, 0) is 14.4 Å². The predicted molar refractivity (Wildman–Crippen MR) is 114 cm³/mol. The molecule has 0 amide bonds. The molecule has 3 N–H and O–H groups in total. The maximum atomic E-state index is 10.1. The summed E-state index contributed by atoms with van der Waals surface area (Å²) in [5, 5.41) is 24.1. The van der Waals surface area contributed by atoms with Gasteiger partial charge in [-0.15, -0.1) is 0 Å². The van der Waals surface area contributed by atoms with Crippen molar-refractivity contribution in [2.75, 3.05) is 0 Å². The van der Waals surface area contributed by atoms with Gasteiger partial charge in [0, 0.05) is 19.8 Å². The van der Waals surface area contributed by atoms with Crippen LogP contribution in [0.5, 0.6) is 0 Å². The second-order valence-corrected chi connectivity index (χ2v) is 7.05. The number of aliphatic carboxylic acids is 3. The average Bonchev–Trinajstić information content (AvgIpc) is 2.60. The number of carboxylic acid groups (broad SMARTS) is 3. The van der Waals surface area contributed by atoms with E-state index in [1.54, 1.807) is 0 Å². The molecule has 0 rings (SSSR count). The molecular formula is C22H44O6. The number of hydrogen-bond acceptors (Lipinski definition) is 3. The number of hydrogen-bond donors (Lipinski definition) is 3. The fraction of sp³-hybridized carbons (Fsp3) is 0.864. The van der Waals surface area contributed by atoms with Crippen LogP contribution in [0.15, 0.2) is 0 Å². The maximum Gasteiger partial charge on any atom is 0.303 e. The summed E-state index contributed by atoms with van der Waals surface area (Å²) in [5.74, 6) is -2.16. The normalized spacial score (nSPS) is 9.54. The minimum absolute atomic E-state index is 0.341. The summed E-state index contributed by atoms with van der Waals surface area (Å²) in [6.45, 7) is 5.48. The lowest BCUT2D eigenvalue weighted by Gasteiger charge is -1.98. The first-order valence-electron chi connectivity index (χ1n) is 10.9. The molecule has 6 heteroatoms. The Labute approximate surface area is 171 Å². The number of rotatable bonds is 16. The molecule has 0 unspecified atom stereocenters. The van der Waals surface area contributed by atoms with Gasteiger partial charge < -0.3 is 15.3 Å². The Bertz CT molecular complexity index is 323. The Hall–Kier alpha value is -1.59. The third-order valence-electron chi connectivity index (χ3n) is 3.99. The van der Waals surface area contributed by atoms with Gasteiger partial charge in [0.2, 0.25) is 0 Å². The molecular weight excluding hydrogens is 360 g/mol. The fourth-order valence-corrected chi connectivity index (χ4v) is 2.47. The van der Waals surface area contributed by atoms with Crippen molar-refractivity contribution in [3.05, 3.63) is 0 Å². The van der Waals surface area contributed by atoms with Gasteiger partial charge >= 0.3 is 11.9 Å². The van der Waals surface area contributed by atoms with E-state index in [1.807, 2.05) is 0 Å². The van der Waals surface area contributed by atoms with Crippen LogP contribution >= 0.6 is 0 Å². The number of unbranched alkanes of at least 4 members (excludes halogenated alkanes) is 12. The SMILES string of the molecule is CC(=O)O.CCCCCCCCCC(=O)O.CCCCCCCCCC(=O)O. The van der Waals surface area contributed by atoms with Crippen molar-refractivity contribution in [3.63, 3.8) is 0 Å². The van der Waals surface area contributed by atoms with Crippen molar-refractivity contribution in [1.82, 2.24) is 0 Å². The van der Waals surface area contributed by atoms with Crippen LogP contribution in [0.3, 0.4) is 0 Å². The van der Waals surface area contributed by atoms with Crippen molar-refractivity contribution < 1.29 is 29.7 Å². The largest absolute Gasteiger partial charge is 0.481 e. The summed E-state index contributed by atoms with van der Waals surface area (Å²) in [7, 11) is 0. The van der Waals surface area contributed by atoms with E-state index in [1.165, 1.54) is 64.2 Å². The molecule has 0 aromatic carbocycles. The third-order valence-corrected chi connectivity index (χ3v) is 3.99. The van der Waals surface area contributed by atoms with Crippen molar-refractivity contribution in [3.8, 4) is 0 Å². The predicted octanol–water partition coefficient (Wildman–Crippen LogP) is 6.51. The zero-order valence-corrected chi connectivity index (χ0v) is 18.4. The van der Waals surface area contributed by atoms with Gasteiger partial charge in [0.15, 0.2) is 0 Å². The quantitative estimate of drug-likeness (QED) is 0.253.